The SMILES string of the molecule is C=C(F)CCNC(=O)c1cn(-c2c(F)cc(F)cc2Cl)c2nc(N3C[C@@H](O)[C@H](O)C3)ccc2c1=O. The van der Waals surface area contributed by atoms with E-state index in [2.05, 4.69) is 16.9 Å². The number of amides is 1. The number of carbonyl (C=O) groups is 1. The average Bonchev–Trinajstić information content (AvgIpc) is 3.12. The standard InChI is InChI=1S/C23H20ClF3N4O4/c1-11(25)4-5-28-23(35)14-8-31(20-15(24)6-12(26)7-16(20)27)22-13(21(14)34)2-3-19(29-22)30-9-17(32)18(33)10-30/h2-3,6-8,17-18,32-33H,1,4-5,9-10H2,(H,28,35)/t17-,18-/m1/s1. The fraction of sp³-hybridized carbons (Fsp3) is 0.261. The highest BCUT2D eigenvalue weighted by molar-refractivity contribution is 6.32. The number of nitrogens with one attached hydrogen (secondary N) is 1. The minimum atomic E-state index is -1.07. The zero-order chi connectivity index (χ0) is 25.4. The molecule has 0 spiro atoms. The molecule has 12 heteroatoms. The van der Waals surface area contributed by atoms with Crippen LogP contribution >= 0.6 is 11.6 Å². The second-order valence-electron chi connectivity index (χ2n) is 8.06. The van der Waals surface area contributed by atoms with Crippen molar-refractivity contribution in [3.63, 3.8) is 0 Å². The van der Waals surface area contributed by atoms with E-state index < -0.39 is 46.6 Å². The Morgan fingerprint density at radius 3 is 2.54 bits per heavy atom. The maximum absolute atomic E-state index is 14.9. The summed E-state index contributed by atoms with van der Waals surface area (Å²) in [6.45, 7) is 3.10. The first-order valence-corrected chi connectivity index (χ1v) is 10.9. The summed E-state index contributed by atoms with van der Waals surface area (Å²) in [5.74, 6) is -3.24. The Labute approximate surface area is 201 Å². The van der Waals surface area contributed by atoms with Crippen LogP contribution in [0.3, 0.4) is 0 Å². The van der Waals surface area contributed by atoms with Crippen molar-refractivity contribution in [2.24, 2.45) is 0 Å². The van der Waals surface area contributed by atoms with Gasteiger partial charge in [-0.1, -0.05) is 18.2 Å². The van der Waals surface area contributed by atoms with E-state index in [0.29, 0.717) is 6.07 Å². The van der Waals surface area contributed by atoms with Crippen LogP contribution in [0, 0.1) is 11.6 Å². The Balaban J connectivity index is 1.91. The molecule has 3 aromatic rings. The molecule has 1 aliphatic rings. The summed E-state index contributed by atoms with van der Waals surface area (Å²) >= 11 is 6.13. The fourth-order valence-electron chi connectivity index (χ4n) is 3.83. The van der Waals surface area contributed by atoms with Crippen LogP contribution in [0.25, 0.3) is 16.7 Å². The summed E-state index contributed by atoms with van der Waals surface area (Å²) < 4.78 is 42.6. The van der Waals surface area contributed by atoms with Crippen LogP contribution in [0.4, 0.5) is 19.0 Å². The van der Waals surface area contributed by atoms with Crippen LogP contribution in [-0.2, 0) is 0 Å². The summed E-state index contributed by atoms with van der Waals surface area (Å²) in [4.78, 5) is 31.8. The molecule has 4 rings (SSSR count). The number of aromatic nitrogens is 2. The predicted molar refractivity (Wildman–Crippen MR) is 124 cm³/mol. The molecule has 184 valence electrons. The lowest BCUT2D eigenvalue weighted by Gasteiger charge is -2.19. The molecule has 0 unspecified atom stereocenters. The van der Waals surface area contributed by atoms with Crippen molar-refractivity contribution in [1.82, 2.24) is 14.9 Å². The Bertz CT molecular complexity index is 1360. The first-order valence-electron chi connectivity index (χ1n) is 10.5. The molecule has 3 heterocycles. The van der Waals surface area contributed by atoms with E-state index in [1.54, 1.807) is 4.90 Å². The van der Waals surface area contributed by atoms with Crippen molar-refractivity contribution in [1.29, 1.82) is 0 Å². The van der Waals surface area contributed by atoms with E-state index in [0.717, 1.165) is 16.8 Å². The highest BCUT2D eigenvalue weighted by Gasteiger charge is 2.31. The first kappa shape index (κ1) is 24.7. The number of pyridine rings is 2. The van der Waals surface area contributed by atoms with Gasteiger partial charge in [0.25, 0.3) is 5.91 Å². The number of benzene rings is 1. The minimum absolute atomic E-state index is 0.0654. The number of hydrogen-bond acceptors (Lipinski definition) is 6. The second kappa shape index (κ2) is 9.68. The van der Waals surface area contributed by atoms with E-state index in [9.17, 15) is 33.0 Å². The lowest BCUT2D eigenvalue weighted by molar-refractivity contribution is 0.0572. The van der Waals surface area contributed by atoms with Gasteiger partial charge in [-0.2, -0.15) is 0 Å². The smallest absolute Gasteiger partial charge is 0.256 e. The number of nitrogens with zero attached hydrogens (tertiary/aromatic N) is 3. The van der Waals surface area contributed by atoms with Crippen molar-refractivity contribution in [2.75, 3.05) is 24.5 Å². The van der Waals surface area contributed by atoms with Gasteiger partial charge in [-0.15, -0.1) is 0 Å². The predicted octanol–water partition coefficient (Wildman–Crippen LogP) is 2.46. The van der Waals surface area contributed by atoms with Gasteiger partial charge in [0.15, 0.2) is 11.5 Å². The van der Waals surface area contributed by atoms with Crippen LogP contribution in [0.15, 0.2) is 47.7 Å². The molecule has 8 nitrogen and oxygen atoms in total. The van der Waals surface area contributed by atoms with Gasteiger partial charge in [-0.25, -0.2) is 18.2 Å². The normalized spacial score (nSPS) is 17.7. The maximum atomic E-state index is 14.9. The molecular formula is C23H20ClF3N4O4. The van der Waals surface area contributed by atoms with Crippen molar-refractivity contribution >= 4 is 34.4 Å². The molecule has 2 aromatic heterocycles. The first-order chi connectivity index (χ1) is 16.6. The maximum Gasteiger partial charge on any atom is 0.256 e. The number of aliphatic hydroxyl groups excluding tert-OH is 2. The minimum Gasteiger partial charge on any atom is -0.389 e. The molecule has 35 heavy (non-hydrogen) atoms. The van der Waals surface area contributed by atoms with Crippen LogP contribution in [0.1, 0.15) is 16.8 Å². The number of fused-ring (bicyclic) bond motifs is 1. The topological polar surface area (TPSA) is 108 Å². The zero-order valence-electron chi connectivity index (χ0n) is 18.1. The molecule has 1 fully saturated rings. The van der Waals surface area contributed by atoms with Gasteiger partial charge in [-0.05, 0) is 18.2 Å². The average molecular weight is 509 g/mol. The van der Waals surface area contributed by atoms with E-state index in [1.807, 2.05) is 0 Å². The van der Waals surface area contributed by atoms with E-state index in [4.69, 9.17) is 11.6 Å². The summed E-state index contributed by atoms with van der Waals surface area (Å²) in [7, 11) is 0. The van der Waals surface area contributed by atoms with Crippen LogP contribution in [0.5, 0.6) is 0 Å². The third-order valence-electron chi connectivity index (χ3n) is 5.57. The highest BCUT2D eigenvalue weighted by Crippen LogP contribution is 2.29. The second-order valence-corrected chi connectivity index (χ2v) is 8.47. The molecule has 0 saturated carbocycles. The van der Waals surface area contributed by atoms with Gasteiger partial charge < -0.3 is 20.4 Å². The monoisotopic (exact) mass is 508 g/mol. The molecule has 0 bridgehead atoms. The third-order valence-corrected chi connectivity index (χ3v) is 5.86. The van der Waals surface area contributed by atoms with Crippen molar-refractivity contribution < 1.29 is 28.2 Å². The van der Waals surface area contributed by atoms with Gasteiger partial charge in [0.2, 0.25) is 5.43 Å². The van der Waals surface area contributed by atoms with E-state index in [-0.39, 0.29) is 53.6 Å². The number of aliphatic hydroxyl groups is 2. The summed E-state index contributed by atoms with van der Waals surface area (Å²) in [6, 6.07) is 4.28. The highest BCUT2D eigenvalue weighted by atomic mass is 35.5. The molecule has 1 amide bonds. The quantitative estimate of drug-likeness (QED) is 0.472. The van der Waals surface area contributed by atoms with E-state index in [1.165, 1.54) is 12.1 Å². The van der Waals surface area contributed by atoms with Crippen LogP contribution in [-0.4, -0.2) is 57.5 Å². The number of carbonyl (C=O) groups excluding carboxylic acids is 1. The Kier molecular flexibility index (Phi) is 6.84. The van der Waals surface area contributed by atoms with Gasteiger partial charge in [0.1, 0.15) is 22.9 Å². The summed E-state index contributed by atoms with van der Waals surface area (Å²) in [6.07, 6.45) is -1.16. The zero-order valence-corrected chi connectivity index (χ0v) is 18.9. The molecule has 1 aliphatic heterocycles. The number of rotatable bonds is 6. The van der Waals surface area contributed by atoms with Crippen molar-refractivity contribution in [2.45, 2.75) is 18.6 Å². The summed E-state index contributed by atoms with van der Waals surface area (Å²) in [5.41, 5.74) is -1.57. The molecular weight excluding hydrogens is 489 g/mol. The molecule has 3 N–H and O–H groups in total. The Morgan fingerprint density at radius 2 is 1.91 bits per heavy atom. The number of β-amino-alcohol motifs (C(OH)–C–C–N with tert-alkyl or cyclic N) is 2. The Morgan fingerprint density at radius 1 is 1.23 bits per heavy atom. The van der Waals surface area contributed by atoms with Gasteiger partial charge in [-0.3, -0.25) is 14.2 Å². The fourth-order valence-corrected chi connectivity index (χ4v) is 4.12. The lowest BCUT2D eigenvalue weighted by atomic mass is 10.1. The molecule has 0 radical (unpaired) electrons. The largest absolute Gasteiger partial charge is 0.389 e. The molecule has 2 atom stereocenters. The molecule has 1 saturated heterocycles. The van der Waals surface area contributed by atoms with Gasteiger partial charge in [0.05, 0.1) is 28.4 Å². The van der Waals surface area contributed by atoms with Gasteiger partial charge in [0, 0.05) is 38.3 Å². The van der Waals surface area contributed by atoms with Crippen LogP contribution in [0.2, 0.25) is 5.02 Å². The van der Waals surface area contributed by atoms with Crippen molar-refractivity contribution in [3.8, 4) is 5.69 Å². The number of halogens is 4. The van der Waals surface area contributed by atoms with Crippen LogP contribution < -0.4 is 15.6 Å². The van der Waals surface area contributed by atoms with Gasteiger partial charge >= 0.3 is 0 Å². The lowest BCUT2D eigenvalue weighted by Crippen LogP contribution is -2.31. The number of anilines is 1. The van der Waals surface area contributed by atoms with Crippen molar-refractivity contribution in [3.05, 3.63) is 75.3 Å². The molecule has 1 aromatic carbocycles. The third kappa shape index (κ3) is 4.88. The number of hydrogen-bond donors (Lipinski definition) is 3. The van der Waals surface area contributed by atoms with E-state index >= 15 is 0 Å². The Hall–Kier alpha value is -3.41. The molecule has 0 aliphatic carbocycles. The summed E-state index contributed by atoms with van der Waals surface area (Å²) in [5, 5.41) is 21.7.